The maximum Gasteiger partial charge on any atom is 0.225 e. The first-order chi connectivity index (χ1) is 9.39. The van der Waals surface area contributed by atoms with Crippen molar-refractivity contribution in [1.29, 1.82) is 5.26 Å². The zero-order valence-electron chi connectivity index (χ0n) is 12.2. The summed E-state index contributed by atoms with van der Waals surface area (Å²) in [6, 6.07) is 8.77. The Labute approximate surface area is 119 Å². The molecule has 0 aliphatic rings. The minimum Gasteiger partial charge on any atom is -0.394 e. The lowest BCUT2D eigenvalue weighted by molar-refractivity contribution is -0.116. The van der Waals surface area contributed by atoms with E-state index in [-0.39, 0.29) is 18.1 Å². The van der Waals surface area contributed by atoms with Gasteiger partial charge in [-0.25, -0.2) is 0 Å². The summed E-state index contributed by atoms with van der Waals surface area (Å²) in [5.41, 5.74) is 0.903. The van der Waals surface area contributed by atoms with Crippen LogP contribution in [0.4, 0.5) is 5.69 Å². The van der Waals surface area contributed by atoms with Crippen LogP contribution in [0.3, 0.4) is 0 Å². The molecular formula is C15H21N3O2. The van der Waals surface area contributed by atoms with Gasteiger partial charge >= 0.3 is 0 Å². The van der Waals surface area contributed by atoms with Gasteiger partial charge in [-0.2, -0.15) is 5.26 Å². The van der Waals surface area contributed by atoms with Crippen LogP contribution < -0.4 is 5.32 Å². The second-order valence-electron chi connectivity index (χ2n) is 5.38. The molecule has 2 N–H and O–H groups in total. The van der Waals surface area contributed by atoms with E-state index in [0.717, 1.165) is 0 Å². The molecule has 0 bridgehead atoms. The minimum atomic E-state index is -0.339. The highest BCUT2D eigenvalue weighted by Crippen LogP contribution is 2.12. The number of carbonyl (C=O) groups excluding carboxylic acids is 1. The highest BCUT2D eigenvalue weighted by Gasteiger charge is 2.22. The van der Waals surface area contributed by atoms with E-state index in [1.807, 2.05) is 31.9 Å². The van der Waals surface area contributed by atoms with E-state index in [0.29, 0.717) is 24.2 Å². The summed E-state index contributed by atoms with van der Waals surface area (Å²) in [6.45, 7) is 4.45. The number of aliphatic hydroxyl groups excluding tert-OH is 1. The normalized spacial score (nSPS) is 11.2. The number of nitrogens with zero attached hydrogens (tertiary/aromatic N) is 2. The van der Waals surface area contributed by atoms with E-state index < -0.39 is 0 Å². The van der Waals surface area contributed by atoms with Gasteiger partial charge in [0, 0.05) is 24.2 Å². The maximum absolute atomic E-state index is 11.8. The van der Waals surface area contributed by atoms with Gasteiger partial charge in [0.25, 0.3) is 0 Å². The number of likely N-dealkylation sites (N-methyl/N-ethyl adjacent to an activating group) is 1. The largest absolute Gasteiger partial charge is 0.394 e. The number of nitriles is 1. The first-order valence-electron chi connectivity index (χ1n) is 6.51. The van der Waals surface area contributed by atoms with Crippen LogP contribution in [-0.4, -0.2) is 41.7 Å². The second kappa shape index (κ2) is 7.04. The number of hydrogen-bond acceptors (Lipinski definition) is 4. The van der Waals surface area contributed by atoms with Crippen LogP contribution >= 0.6 is 0 Å². The molecule has 0 aliphatic carbocycles. The standard InChI is InChI=1S/C15H21N3O2/c1-15(2,11-19)18(3)9-8-14(20)17-13-6-4-12(10-16)5-7-13/h4-7,19H,8-9,11H2,1-3H3,(H,17,20). The number of carbonyl (C=O) groups is 1. The van der Waals surface area contributed by atoms with Crippen LogP contribution in [0.2, 0.25) is 0 Å². The Bertz CT molecular complexity index is 489. The van der Waals surface area contributed by atoms with Crippen LogP contribution in [-0.2, 0) is 4.79 Å². The summed E-state index contributed by atoms with van der Waals surface area (Å²) in [5, 5.41) is 20.7. The maximum atomic E-state index is 11.8. The number of hydrogen-bond donors (Lipinski definition) is 2. The summed E-state index contributed by atoms with van der Waals surface area (Å²) in [6.07, 6.45) is 0.347. The Morgan fingerprint density at radius 3 is 2.50 bits per heavy atom. The lowest BCUT2D eigenvalue weighted by Gasteiger charge is -2.33. The lowest BCUT2D eigenvalue weighted by atomic mass is 10.1. The highest BCUT2D eigenvalue weighted by molar-refractivity contribution is 5.90. The SMILES string of the molecule is CN(CCC(=O)Nc1ccc(C#N)cc1)C(C)(C)CO. The van der Waals surface area contributed by atoms with Crippen molar-refractivity contribution in [1.82, 2.24) is 4.90 Å². The zero-order valence-corrected chi connectivity index (χ0v) is 12.2. The fraction of sp³-hybridized carbons (Fsp3) is 0.467. The molecule has 0 spiro atoms. The quantitative estimate of drug-likeness (QED) is 0.826. The first-order valence-corrected chi connectivity index (χ1v) is 6.51. The van der Waals surface area contributed by atoms with E-state index in [1.165, 1.54) is 0 Å². The van der Waals surface area contributed by atoms with Gasteiger partial charge in [0.05, 0.1) is 18.2 Å². The number of rotatable bonds is 6. The molecule has 1 rings (SSSR count). The van der Waals surface area contributed by atoms with Crippen molar-refractivity contribution in [2.45, 2.75) is 25.8 Å². The number of benzene rings is 1. The molecular weight excluding hydrogens is 254 g/mol. The van der Waals surface area contributed by atoms with Crippen LogP contribution in [0.5, 0.6) is 0 Å². The Balaban J connectivity index is 2.46. The Kier molecular flexibility index (Phi) is 5.68. The molecule has 108 valence electrons. The fourth-order valence-corrected chi connectivity index (χ4v) is 1.54. The lowest BCUT2D eigenvalue weighted by Crippen LogP contribution is -2.45. The smallest absolute Gasteiger partial charge is 0.225 e. The van der Waals surface area contributed by atoms with Crippen molar-refractivity contribution in [3.63, 3.8) is 0 Å². The van der Waals surface area contributed by atoms with Crippen LogP contribution in [0, 0.1) is 11.3 Å². The predicted octanol–water partition coefficient (Wildman–Crippen LogP) is 1.59. The Morgan fingerprint density at radius 1 is 1.40 bits per heavy atom. The van der Waals surface area contributed by atoms with Gasteiger partial charge in [0.2, 0.25) is 5.91 Å². The van der Waals surface area contributed by atoms with Crippen LogP contribution in [0.15, 0.2) is 24.3 Å². The van der Waals surface area contributed by atoms with Crippen molar-refractivity contribution in [3.05, 3.63) is 29.8 Å². The molecule has 0 aliphatic heterocycles. The molecule has 0 atom stereocenters. The van der Waals surface area contributed by atoms with E-state index in [1.54, 1.807) is 24.3 Å². The van der Waals surface area contributed by atoms with Gasteiger partial charge in [-0.1, -0.05) is 0 Å². The van der Waals surface area contributed by atoms with Gasteiger partial charge in [0.1, 0.15) is 0 Å². The summed E-state index contributed by atoms with van der Waals surface area (Å²) in [7, 11) is 1.88. The van der Waals surface area contributed by atoms with E-state index in [9.17, 15) is 9.90 Å². The topological polar surface area (TPSA) is 76.4 Å². The number of anilines is 1. The monoisotopic (exact) mass is 275 g/mol. The molecule has 0 unspecified atom stereocenters. The molecule has 5 heteroatoms. The highest BCUT2D eigenvalue weighted by atomic mass is 16.3. The zero-order chi connectivity index (χ0) is 15.2. The second-order valence-corrected chi connectivity index (χ2v) is 5.38. The average Bonchev–Trinajstić information content (AvgIpc) is 2.45. The number of nitrogens with one attached hydrogen (secondary N) is 1. The van der Waals surface area contributed by atoms with Gasteiger partial charge < -0.3 is 10.4 Å². The first kappa shape index (κ1) is 16.2. The molecule has 0 fully saturated rings. The van der Waals surface area contributed by atoms with Gasteiger partial charge in [-0.3, -0.25) is 9.69 Å². The average molecular weight is 275 g/mol. The molecule has 1 aromatic rings. The van der Waals surface area contributed by atoms with Gasteiger partial charge in [-0.05, 0) is 45.2 Å². The summed E-state index contributed by atoms with van der Waals surface area (Å²) in [5.74, 6) is -0.0877. The summed E-state index contributed by atoms with van der Waals surface area (Å²) >= 11 is 0. The van der Waals surface area contributed by atoms with Gasteiger partial charge in [0.15, 0.2) is 0 Å². The molecule has 1 amide bonds. The molecule has 1 aromatic carbocycles. The van der Waals surface area contributed by atoms with Crippen LogP contribution in [0.1, 0.15) is 25.8 Å². The minimum absolute atomic E-state index is 0.0424. The fourth-order valence-electron chi connectivity index (χ4n) is 1.54. The van der Waals surface area contributed by atoms with Crippen molar-refractivity contribution >= 4 is 11.6 Å². The number of amides is 1. The van der Waals surface area contributed by atoms with E-state index >= 15 is 0 Å². The third-order valence-electron chi connectivity index (χ3n) is 3.39. The van der Waals surface area contributed by atoms with Crippen molar-refractivity contribution in [3.8, 4) is 6.07 Å². The van der Waals surface area contributed by atoms with Crippen molar-refractivity contribution < 1.29 is 9.90 Å². The summed E-state index contributed by atoms with van der Waals surface area (Å²) in [4.78, 5) is 13.8. The molecule has 0 aromatic heterocycles. The molecule has 20 heavy (non-hydrogen) atoms. The van der Waals surface area contributed by atoms with E-state index in [4.69, 9.17) is 5.26 Å². The molecule has 0 radical (unpaired) electrons. The molecule has 5 nitrogen and oxygen atoms in total. The summed E-state index contributed by atoms with van der Waals surface area (Å²) < 4.78 is 0. The Morgan fingerprint density at radius 2 is 2.00 bits per heavy atom. The van der Waals surface area contributed by atoms with Gasteiger partial charge in [-0.15, -0.1) is 0 Å². The molecule has 0 saturated heterocycles. The third kappa shape index (κ3) is 4.65. The van der Waals surface area contributed by atoms with E-state index in [2.05, 4.69) is 5.32 Å². The predicted molar refractivity (Wildman–Crippen MR) is 78.2 cm³/mol. The van der Waals surface area contributed by atoms with Crippen molar-refractivity contribution in [2.75, 3.05) is 25.5 Å². The number of aliphatic hydroxyl groups is 1. The third-order valence-corrected chi connectivity index (χ3v) is 3.39. The Hall–Kier alpha value is -1.90. The molecule has 0 saturated carbocycles. The molecule has 0 heterocycles. The van der Waals surface area contributed by atoms with Crippen LogP contribution in [0.25, 0.3) is 0 Å². The van der Waals surface area contributed by atoms with Crippen molar-refractivity contribution in [2.24, 2.45) is 0 Å².